The summed E-state index contributed by atoms with van der Waals surface area (Å²) in [4.78, 5) is 7.11. The van der Waals surface area contributed by atoms with Gasteiger partial charge in [-0.25, -0.2) is 4.98 Å². The molecule has 0 saturated heterocycles. The molecule has 14 heavy (non-hydrogen) atoms. The molecule has 4 heteroatoms. The van der Waals surface area contributed by atoms with Crippen molar-refractivity contribution in [1.82, 2.24) is 9.97 Å². The van der Waals surface area contributed by atoms with E-state index in [1.54, 1.807) is 6.20 Å². The van der Waals surface area contributed by atoms with Crippen molar-refractivity contribution >= 4 is 11.9 Å². The molecule has 0 bridgehead atoms. The number of nitrogens with zero attached hydrogens (tertiary/aromatic N) is 1. The third-order valence-electron chi connectivity index (χ3n) is 2.04. The lowest BCUT2D eigenvalue weighted by molar-refractivity contribution is 0.596. The molecular weight excluding hydrogens is 200 g/mol. The normalized spacial score (nSPS) is 10.1. The molecule has 1 N–H and O–H groups in total. The van der Waals surface area contributed by atoms with E-state index in [2.05, 4.69) is 14.3 Å². The SMILES string of the molecule is Cc1ccccc1-c1ncc(OCl)[nH]1. The Labute approximate surface area is 86.9 Å². The van der Waals surface area contributed by atoms with Crippen LogP contribution in [0, 0.1) is 6.92 Å². The lowest BCUT2D eigenvalue weighted by atomic mass is 10.1. The molecule has 2 rings (SSSR count). The third-order valence-corrected chi connectivity index (χ3v) is 2.20. The quantitative estimate of drug-likeness (QED) is 0.824. The molecule has 1 aromatic heterocycles. The predicted molar refractivity (Wildman–Crippen MR) is 55.2 cm³/mol. The monoisotopic (exact) mass is 208 g/mol. The van der Waals surface area contributed by atoms with Crippen LogP contribution in [-0.2, 0) is 0 Å². The van der Waals surface area contributed by atoms with Gasteiger partial charge in [-0.05, 0) is 12.5 Å². The summed E-state index contributed by atoms with van der Waals surface area (Å²) in [6, 6.07) is 7.97. The summed E-state index contributed by atoms with van der Waals surface area (Å²) < 4.78 is 4.51. The fourth-order valence-corrected chi connectivity index (χ4v) is 1.40. The van der Waals surface area contributed by atoms with Crippen LogP contribution in [0.15, 0.2) is 30.5 Å². The van der Waals surface area contributed by atoms with Gasteiger partial charge in [-0.3, -0.25) is 0 Å². The van der Waals surface area contributed by atoms with Crippen molar-refractivity contribution < 1.29 is 4.29 Å². The van der Waals surface area contributed by atoms with Gasteiger partial charge in [0.25, 0.3) is 0 Å². The maximum absolute atomic E-state index is 5.20. The average molecular weight is 209 g/mol. The van der Waals surface area contributed by atoms with E-state index in [0.29, 0.717) is 5.88 Å². The molecule has 0 aliphatic rings. The van der Waals surface area contributed by atoms with Crippen molar-refractivity contribution in [3.8, 4) is 17.3 Å². The fourth-order valence-electron chi connectivity index (χ4n) is 1.32. The molecular formula is C10H9ClN2O. The summed E-state index contributed by atoms with van der Waals surface area (Å²) >= 11 is 5.20. The Morgan fingerprint density at radius 2 is 2.14 bits per heavy atom. The first-order valence-electron chi connectivity index (χ1n) is 4.21. The summed E-state index contributed by atoms with van der Waals surface area (Å²) in [7, 11) is 0. The molecule has 1 heterocycles. The van der Waals surface area contributed by atoms with Crippen LogP contribution < -0.4 is 4.29 Å². The zero-order valence-corrected chi connectivity index (χ0v) is 8.38. The smallest absolute Gasteiger partial charge is 0.235 e. The molecule has 0 aliphatic carbocycles. The highest BCUT2D eigenvalue weighted by atomic mass is 35.5. The highest BCUT2D eigenvalue weighted by Crippen LogP contribution is 2.22. The minimum Gasteiger partial charge on any atom is -0.365 e. The van der Waals surface area contributed by atoms with E-state index in [1.165, 1.54) is 0 Å². The molecule has 0 radical (unpaired) electrons. The Balaban J connectivity index is 2.44. The average Bonchev–Trinajstić information content (AvgIpc) is 2.67. The first-order chi connectivity index (χ1) is 6.81. The predicted octanol–water partition coefficient (Wildman–Crippen LogP) is 2.92. The molecule has 0 fully saturated rings. The van der Waals surface area contributed by atoms with Crippen LogP contribution >= 0.6 is 11.9 Å². The van der Waals surface area contributed by atoms with Crippen molar-refractivity contribution in [3.63, 3.8) is 0 Å². The maximum Gasteiger partial charge on any atom is 0.235 e. The van der Waals surface area contributed by atoms with Gasteiger partial charge in [-0.1, -0.05) is 24.3 Å². The molecule has 0 saturated carbocycles. The van der Waals surface area contributed by atoms with Crippen LogP contribution in [0.25, 0.3) is 11.4 Å². The first-order valence-corrected chi connectivity index (χ1v) is 4.51. The molecule has 0 atom stereocenters. The Morgan fingerprint density at radius 3 is 2.79 bits per heavy atom. The highest BCUT2D eigenvalue weighted by molar-refractivity contribution is 6.08. The summed E-state index contributed by atoms with van der Waals surface area (Å²) in [5.74, 6) is 1.21. The summed E-state index contributed by atoms with van der Waals surface area (Å²) in [5, 5.41) is 0. The lowest BCUT2D eigenvalue weighted by Crippen LogP contribution is -1.84. The third kappa shape index (κ3) is 1.59. The minimum atomic E-state index is 0.449. The Bertz CT molecular complexity index is 439. The second-order valence-corrected chi connectivity index (χ2v) is 3.14. The number of benzene rings is 1. The number of imidazole rings is 1. The van der Waals surface area contributed by atoms with Crippen molar-refractivity contribution in [1.29, 1.82) is 0 Å². The van der Waals surface area contributed by atoms with E-state index in [9.17, 15) is 0 Å². The number of rotatable bonds is 2. The molecule has 2 aromatic rings. The number of halogens is 1. The van der Waals surface area contributed by atoms with Gasteiger partial charge in [-0.2, -0.15) is 0 Å². The van der Waals surface area contributed by atoms with E-state index < -0.39 is 0 Å². The Morgan fingerprint density at radius 1 is 1.36 bits per heavy atom. The standard InChI is InChI=1S/C10H9ClN2O/c1-7-4-2-3-5-8(7)10-12-6-9(13-10)14-11/h2-6H,1H3,(H,12,13). The van der Waals surface area contributed by atoms with E-state index in [-0.39, 0.29) is 0 Å². The number of nitrogens with one attached hydrogen (secondary N) is 1. The number of hydrogen-bond donors (Lipinski definition) is 1. The highest BCUT2D eigenvalue weighted by Gasteiger charge is 2.05. The number of hydrogen-bond acceptors (Lipinski definition) is 2. The summed E-state index contributed by atoms with van der Waals surface area (Å²) in [6.45, 7) is 2.03. The fraction of sp³-hybridized carbons (Fsp3) is 0.100. The maximum atomic E-state index is 5.20. The van der Waals surface area contributed by atoms with E-state index in [4.69, 9.17) is 11.9 Å². The van der Waals surface area contributed by atoms with Crippen LogP contribution in [0.5, 0.6) is 5.88 Å². The molecule has 0 amide bonds. The number of aromatic amines is 1. The van der Waals surface area contributed by atoms with Gasteiger partial charge < -0.3 is 9.27 Å². The largest absolute Gasteiger partial charge is 0.365 e. The first kappa shape index (κ1) is 9.09. The van der Waals surface area contributed by atoms with Crippen molar-refractivity contribution in [2.45, 2.75) is 6.92 Å². The molecule has 0 spiro atoms. The van der Waals surface area contributed by atoms with Gasteiger partial charge >= 0.3 is 0 Å². The van der Waals surface area contributed by atoms with Crippen LogP contribution in [0.4, 0.5) is 0 Å². The van der Waals surface area contributed by atoms with Crippen LogP contribution in [0.1, 0.15) is 5.56 Å². The van der Waals surface area contributed by atoms with E-state index in [0.717, 1.165) is 17.0 Å². The Kier molecular flexibility index (Phi) is 2.41. The topological polar surface area (TPSA) is 37.9 Å². The van der Waals surface area contributed by atoms with Gasteiger partial charge in [0.2, 0.25) is 5.88 Å². The van der Waals surface area contributed by atoms with Crippen LogP contribution in [0.3, 0.4) is 0 Å². The van der Waals surface area contributed by atoms with Crippen LogP contribution in [-0.4, -0.2) is 9.97 Å². The molecule has 0 aliphatic heterocycles. The van der Waals surface area contributed by atoms with Crippen molar-refractivity contribution in [3.05, 3.63) is 36.0 Å². The van der Waals surface area contributed by atoms with Gasteiger partial charge in [0, 0.05) is 5.56 Å². The lowest BCUT2D eigenvalue weighted by Gasteiger charge is -2.00. The zero-order chi connectivity index (χ0) is 9.97. The molecule has 0 unspecified atom stereocenters. The molecule has 1 aromatic carbocycles. The van der Waals surface area contributed by atoms with Gasteiger partial charge in [0.05, 0.1) is 6.20 Å². The number of aromatic nitrogens is 2. The van der Waals surface area contributed by atoms with Gasteiger partial charge in [0.1, 0.15) is 17.7 Å². The van der Waals surface area contributed by atoms with Crippen molar-refractivity contribution in [2.24, 2.45) is 0 Å². The summed E-state index contributed by atoms with van der Waals surface area (Å²) in [5.41, 5.74) is 2.20. The van der Waals surface area contributed by atoms with Crippen molar-refractivity contribution in [2.75, 3.05) is 0 Å². The van der Waals surface area contributed by atoms with Crippen LogP contribution in [0.2, 0.25) is 0 Å². The molecule has 3 nitrogen and oxygen atoms in total. The number of H-pyrrole nitrogens is 1. The van der Waals surface area contributed by atoms with Gasteiger partial charge in [0.15, 0.2) is 0 Å². The minimum absolute atomic E-state index is 0.449. The second kappa shape index (κ2) is 3.72. The van der Waals surface area contributed by atoms with E-state index >= 15 is 0 Å². The summed E-state index contributed by atoms with van der Waals surface area (Å²) in [6.07, 6.45) is 1.55. The zero-order valence-electron chi connectivity index (χ0n) is 7.62. The van der Waals surface area contributed by atoms with Gasteiger partial charge in [-0.15, -0.1) is 0 Å². The molecule has 72 valence electrons. The Hall–Kier alpha value is -1.48. The second-order valence-electron chi connectivity index (χ2n) is 2.99. The number of aryl methyl sites for hydroxylation is 1. The van der Waals surface area contributed by atoms with E-state index in [1.807, 2.05) is 31.2 Å².